The van der Waals surface area contributed by atoms with Crippen LogP contribution in [0.25, 0.3) is 0 Å². The molecule has 6 heavy (non-hydrogen) atoms. The third-order valence-corrected chi connectivity index (χ3v) is 1.26. The fourth-order valence-electron chi connectivity index (χ4n) is 0. The van der Waals surface area contributed by atoms with E-state index in [-0.39, 0.29) is 11.4 Å². The normalized spacial score (nSPS) is 5.67. The number of carbonyl (C=O) groups excluding carboxylic acids is 1. The third-order valence-electron chi connectivity index (χ3n) is 0.144. The monoisotopic (exact) mass is 285 g/mol. The van der Waals surface area contributed by atoms with E-state index in [0.717, 1.165) is 0 Å². The van der Waals surface area contributed by atoms with Crippen LogP contribution in [0, 0.1) is 0 Å². The van der Waals surface area contributed by atoms with Crippen LogP contribution in [0.4, 0.5) is 0 Å². The number of carbonyl (C=O) groups is 1. The smallest absolute Gasteiger partial charge is 0.412 e. The van der Waals surface area contributed by atoms with Crippen LogP contribution in [0.5, 0.6) is 0 Å². The molecule has 3 radical (unpaired) electrons. The molecule has 0 amide bonds. The zero-order chi connectivity index (χ0) is 4.28. The van der Waals surface area contributed by atoms with Gasteiger partial charge in [-0.25, -0.2) is 0 Å². The standard InChI is InChI=1S/C2H4O2.H2O.Pb/c1-2(3)4;;/h1H3,(H,3,4);1H2;/q;;+1/p-1. The summed E-state index contributed by atoms with van der Waals surface area (Å²) in [7, 11) is 0. The van der Waals surface area contributed by atoms with Gasteiger partial charge in [0.2, 0.25) is 0 Å². The SMILES string of the molecule is CC(=O)[O][Pb].O. The van der Waals surface area contributed by atoms with Crippen molar-refractivity contribution >= 4 is 32.2 Å². The van der Waals surface area contributed by atoms with Gasteiger partial charge in [0, 0.05) is 0 Å². The van der Waals surface area contributed by atoms with E-state index < -0.39 is 0 Å². The second-order valence-corrected chi connectivity index (χ2v) is 1.39. The van der Waals surface area contributed by atoms with Gasteiger partial charge in [-0.05, 0) is 0 Å². The predicted molar refractivity (Wildman–Crippen MR) is 21.1 cm³/mol. The summed E-state index contributed by atoms with van der Waals surface area (Å²) >= 11 is 0.524. The van der Waals surface area contributed by atoms with Crippen LogP contribution in [0.15, 0.2) is 0 Å². The van der Waals surface area contributed by atoms with Crippen molar-refractivity contribution < 1.29 is 13.0 Å². The van der Waals surface area contributed by atoms with Crippen molar-refractivity contribution in [3.05, 3.63) is 0 Å². The minimum atomic E-state index is -0.184. The maximum atomic E-state index is 9.62. The zero-order valence-electron chi connectivity index (χ0n) is 3.32. The molecular formula is C2H5O3Pb. The first-order valence-corrected chi connectivity index (χ1v) is 2.70. The molecule has 0 fully saturated rings. The number of hydrogen-bond donors (Lipinski definition) is 0. The first-order valence-electron chi connectivity index (χ1n) is 1.11. The zero-order valence-corrected chi connectivity index (χ0v) is 7.20. The quantitative estimate of drug-likeness (QED) is 0.525. The molecule has 4 heteroatoms. The summed E-state index contributed by atoms with van der Waals surface area (Å²) in [6.45, 7) is 1.40. The van der Waals surface area contributed by atoms with E-state index in [1.165, 1.54) is 6.92 Å². The van der Waals surface area contributed by atoms with Gasteiger partial charge in [0.25, 0.3) is 0 Å². The average Bonchev–Trinajstić information content (AvgIpc) is 1.38. The van der Waals surface area contributed by atoms with Gasteiger partial charge < -0.3 is 5.48 Å². The molecule has 0 aliphatic rings. The van der Waals surface area contributed by atoms with Crippen molar-refractivity contribution in [2.75, 3.05) is 0 Å². The van der Waals surface area contributed by atoms with Crippen LogP contribution in [-0.4, -0.2) is 37.7 Å². The first-order chi connectivity index (χ1) is 2.27. The Balaban J connectivity index is 0. The minimum Gasteiger partial charge on any atom is -0.412 e. The van der Waals surface area contributed by atoms with E-state index in [1.807, 2.05) is 0 Å². The predicted octanol–water partition coefficient (Wildman–Crippen LogP) is -1.19. The van der Waals surface area contributed by atoms with Gasteiger partial charge in [-0.1, -0.05) is 0 Å². The Morgan fingerprint density at radius 1 is 1.83 bits per heavy atom. The Labute approximate surface area is 52.3 Å². The molecule has 0 saturated heterocycles. The van der Waals surface area contributed by atoms with Crippen molar-refractivity contribution in [1.29, 1.82) is 0 Å². The Bertz CT molecular complexity index is 44.1. The fraction of sp³-hybridized carbons (Fsp3) is 0.500. The largest absolute Gasteiger partial charge is 0.412 e. The van der Waals surface area contributed by atoms with E-state index >= 15 is 0 Å². The van der Waals surface area contributed by atoms with E-state index in [1.54, 1.807) is 0 Å². The Kier molecular flexibility index (Phi) is 8.57. The van der Waals surface area contributed by atoms with E-state index in [0.29, 0.717) is 26.2 Å². The van der Waals surface area contributed by atoms with E-state index in [4.69, 9.17) is 0 Å². The summed E-state index contributed by atoms with van der Waals surface area (Å²) in [5.41, 5.74) is 0. The average molecular weight is 284 g/mol. The van der Waals surface area contributed by atoms with Gasteiger partial charge in [0.05, 0.1) is 0 Å². The summed E-state index contributed by atoms with van der Waals surface area (Å²) < 4.78 is 4.25. The van der Waals surface area contributed by atoms with Gasteiger partial charge in [-0.15, -0.1) is 0 Å². The molecule has 3 nitrogen and oxygen atoms in total. The van der Waals surface area contributed by atoms with Gasteiger partial charge in [-0.3, -0.25) is 0 Å². The number of rotatable bonds is 0. The first kappa shape index (κ1) is 9.61. The molecular weight excluding hydrogens is 279 g/mol. The molecule has 0 aromatic rings. The Hall–Kier alpha value is 0.352. The molecule has 35 valence electrons. The van der Waals surface area contributed by atoms with Gasteiger partial charge in [0.1, 0.15) is 0 Å². The minimum absolute atomic E-state index is 0. The summed E-state index contributed by atoms with van der Waals surface area (Å²) in [5.74, 6) is -0.184. The Morgan fingerprint density at radius 2 is 2.00 bits per heavy atom. The van der Waals surface area contributed by atoms with Crippen LogP contribution in [0.2, 0.25) is 0 Å². The van der Waals surface area contributed by atoms with Crippen LogP contribution in [0.1, 0.15) is 6.92 Å². The molecule has 0 aliphatic carbocycles. The molecule has 0 aliphatic heterocycles. The fourth-order valence-corrected chi connectivity index (χ4v) is 0. The van der Waals surface area contributed by atoms with Crippen LogP contribution < -0.4 is 0 Å². The molecule has 0 unspecified atom stereocenters. The second kappa shape index (κ2) is 5.35. The molecule has 0 aromatic carbocycles. The maximum absolute atomic E-state index is 9.62. The second-order valence-electron chi connectivity index (χ2n) is 0.594. The van der Waals surface area contributed by atoms with Gasteiger partial charge in [-0.2, -0.15) is 0 Å². The van der Waals surface area contributed by atoms with Crippen molar-refractivity contribution in [2.24, 2.45) is 0 Å². The molecule has 2 N–H and O–H groups in total. The van der Waals surface area contributed by atoms with Crippen molar-refractivity contribution in [3.8, 4) is 0 Å². The molecule has 0 rings (SSSR count). The van der Waals surface area contributed by atoms with Gasteiger partial charge in [0.15, 0.2) is 0 Å². The maximum Gasteiger partial charge on any atom is -0.412 e. The molecule has 0 aromatic heterocycles. The summed E-state index contributed by atoms with van der Waals surface area (Å²) in [6.07, 6.45) is 0. The van der Waals surface area contributed by atoms with Crippen molar-refractivity contribution in [3.63, 3.8) is 0 Å². The van der Waals surface area contributed by atoms with E-state index in [9.17, 15) is 4.79 Å². The van der Waals surface area contributed by atoms with Crippen molar-refractivity contribution in [2.45, 2.75) is 6.92 Å². The summed E-state index contributed by atoms with van der Waals surface area (Å²) in [4.78, 5) is 9.62. The summed E-state index contributed by atoms with van der Waals surface area (Å²) in [6, 6.07) is 0. The topological polar surface area (TPSA) is 57.8 Å². The van der Waals surface area contributed by atoms with Gasteiger partial charge >= 0.3 is 46.6 Å². The van der Waals surface area contributed by atoms with Crippen molar-refractivity contribution in [1.82, 2.24) is 0 Å². The van der Waals surface area contributed by atoms with Crippen LogP contribution in [-0.2, 0) is 7.48 Å². The summed E-state index contributed by atoms with van der Waals surface area (Å²) in [5, 5.41) is 0. The molecule has 0 bridgehead atoms. The van der Waals surface area contributed by atoms with Crippen LogP contribution >= 0.6 is 0 Å². The Morgan fingerprint density at radius 3 is 2.00 bits per heavy atom. The van der Waals surface area contributed by atoms with Crippen LogP contribution in [0.3, 0.4) is 0 Å². The molecule has 0 atom stereocenters. The molecule has 0 heterocycles. The molecule has 0 spiro atoms. The number of hydrogen-bond acceptors (Lipinski definition) is 2. The molecule has 0 saturated carbocycles. The van der Waals surface area contributed by atoms with E-state index in [2.05, 4.69) is 2.69 Å². The third kappa shape index (κ3) is 8.84.